The predicted molar refractivity (Wildman–Crippen MR) is 118 cm³/mol. The van der Waals surface area contributed by atoms with Crippen LogP contribution in [0.5, 0.6) is 0 Å². The van der Waals surface area contributed by atoms with Gasteiger partial charge in [0.25, 0.3) is 0 Å². The molecule has 5 rings (SSSR count). The molecule has 0 aromatic heterocycles. The quantitative estimate of drug-likeness (QED) is 0.298. The van der Waals surface area contributed by atoms with Crippen molar-refractivity contribution in [3.05, 3.63) is 82.9 Å². The van der Waals surface area contributed by atoms with E-state index < -0.39 is 0 Å². The molecule has 0 radical (unpaired) electrons. The number of hydrogen-bond donors (Lipinski definition) is 0. The monoisotopic (exact) mass is 390 g/mol. The Morgan fingerprint density at radius 2 is 0.733 bits per heavy atom. The van der Waals surface area contributed by atoms with Crippen LogP contribution in [0.25, 0.3) is 43.1 Å². The molecule has 0 amide bonds. The summed E-state index contributed by atoms with van der Waals surface area (Å²) in [5, 5.41) is 7.05. The van der Waals surface area contributed by atoms with Gasteiger partial charge >= 0.3 is 0 Å². The van der Waals surface area contributed by atoms with Gasteiger partial charge in [-0.2, -0.15) is 0 Å². The lowest BCUT2D eigenvalue weighted by atomic mass is 9.88. The number of hydrogen-bond acceptors (Lipinski definition) is 4. The van der Waals surface area contributed by atoms with Gasteiger partial charge in [-0.1, -0.05) is 24.3 Å². The molecule has 0 aliphatic carbocycles. The van der Waals surface area contributed by atoms with Crippen molar-refractivity contribution in [1.29, 1.82) is 0 Å². The van der Waals surface area contributed by atoms with Crippen LogP contribution in [0.3, 0.4) is 0 Å². The molecule has 4 nitrogen and oxygen atoms in total. The molecule has 0 unspecified atom stereocenters. The van der Waals surface area contributed by atoms with E-state index in [0.717, 1.165) is 32.3 Å². The number of rotatable bonds is 4. The van der Waals surface area contributed by atoms with Crippen LogP contribution >= 0.6 is 0 Å². The van der Waals surface area contributed by atoms with E-state index in [0.29, 0.717) is 35.9 Å². The molecule has 0 heterocycles. The molecule has 0 aliphatic rings. The van der Waals surface area contributed by atoms with Crippen LogP contribution in [0, 0.1) is 0 Å². The van der Waals surface area contributed by atoms with Crippen LogP contribution in [0.4, 0.5) is 0 Å². The number of benzene rings is 5. The average Bonchev–Trinajstić information content (AvgIpc) is 2.78. The van der Waals surface area contributed by atoms with Crippen LogP contribution in [-0.4, -0.2) is 25.1 Å². The number of carbonyl (C=O) groups excluding carboxylic acids is 4. The molecular weight excluding hydrogens is 376 g/mol. The van der Waals surface area contributed by atoms with Gasteiger partial charge in [0.15, 0.2) is 25.1 Å². The fourth-order valence-corrected chi connectivity index (χ4v) is 4.28. The Bertz CT molecular complexity index is 1440. The van der Waals surface area contributed by atoms with Gasteiger partial charge in [-0.15, -0.1) is 0 Å². The lowest BCUT2D eigenvalue weighted by Gasteiger charge is -2.13. The number of fused-ring (bicyclic) bond motifs is 4. The number of carbonyl (C=O) groups is 4. The van der Waals surface area contributed by atoms with E-state index in [2.05, 4.69) is 24.3 Å². The summed E-state index contributed by atoms with van der Waals surface area (Å²) in [6, 6.07) is 20.0. The van der Waals surface area contributed by atoms with Gasteiger partial charge in [-0.3, -0.25) is 19.2 Å². The van der Waals surface area contributed by atoms with Gasteiger partial charge in [0.1, 0.15) is 0 Å². The predicted octanol–water partition coefficient (Wildman–Crippen LogP) is 5.55. The first kappa shape index (κ1) is 17.9. The van der Waals surface area contributed by atoms with Gasteiger partial charge in [-0.25, -0.2) is 0 Å². The highest BCUT2D eigenvalue weighted by Gasteiger charge is 2.19. The van der Waals surface area contributed by atoms with Crippen molar-refractivity contribution in [3.63, 3.8) is 0 Å². The van der Waals surface area contributed by atoms with E-state index >= 15 is 0 Å². The topological polar surface area (TPSA) is 68.3 Å². The molecule has 4 heteroatoms. The molecule has 142 valence electrons. The summed E-state index contributed by atoms with van der Waals surface area (Å²) < 4.78 is 0. The minimum Gasteiger partial charge on any atom is -0.298 e. The van der Waals surface area contributed by atoms with Crippen molar-refractivity contribution >= 4 is 68.2 Å². The van der Waals surface area contributed by atoms with E-state index in [1.54, 1.807) is 12.1 Å². The third kappa shape index (κ3) is 2.47. The van der Waals surface area contributed by atoms with Crippen molar-refractivity contribution in [3.8, 4) is 0 Å². The zero-order chi connectivity index (χ0) is 20.8. The first-order valence-corrected chi connectivity index (χ1v) is 9.39. The molecule has 0 fully saturated rings. The SMILES string of the molecule is O=Cc1c(C=O)c(C=O)c2cc3cc4cc5ccccc5cc4cc3cc2c1C=O. The minimum absolute atomic E-state index is 0.0549. The molecule has 0 aliphatic heterocycles. The first-order valence-electron chi connectivity index (χ1n) is 9.39. The fraction of sp³-hybridized carbons (Fsp3) is 0. The summed E-state index contributed by atoms with van der Waals surface area (Å²) in [6.45, 7) is 0. The van der Waals surface area contributed by atoms with Crippen LogP contribution in [-0.2, 0) is 0 Å². The van der Waals surface area contributed by atoms with Crippen molar-refractivity contribution in [2.45, 2.75) is 0 Å². The second-order valence-corrected chi connectivity index (χ2v) is 7.27. The second-order valence-electron chi connectivity index (χ2n) is 7.27. The molecule has 0 bridgehead atoms. The van der Waals surface area contributed by atoms with E-state index in [4.69, 9.17) is 0 Å². The smallest absolute Gasteiger partial charge is 0.151 e. The molecule has 5 aromatic carbocycles. The third-order valence-electron chi connectivity index (χ3n) is 5.72. The highest BCUT2D eigenvalue weighted by molar-refractivity contribution is 6.19. The molecular formula is C26H14O4. The van der Waals surface area contributed by atoms with Crippen molar-refractivity contribution in [2.24, 2.45) is 0 Å². The summed E-state index contributed by atoms with van der Waals surface area (Å²) in [5.74, 6) is 0. The highest BCUT2D eigenvalue weighted by Crippen LogP contribution is 2.34. The number of aldehydes is 4. The van der Waals surface area contributed by atoms with Crippen LogP contribution in [0.15, 0.2) is 60.7 Å². The maximum Gasteiger partial charge on any atom is 0.151 e. The Morgan fingerprint density at radius 1 is 0.400 bits per heavy atom. The first-order chi connectivity index (χ1) is 14.7. The second kappa shape index (κ2) is 6.71. The summed E-state index contributed by atoms with van der Waals surface area (Å²) in [4.78, 5) is 46.8. The van der Waals surface area contributed by atoms with Crippen LogP contribution in [0.2, 0.25) is 0 Å². The van der Waals surface area contributed by atoms with Gasteiger partial charge in [0.2, 0.25) is 0 Å². The molecule has 0 N–H and O–H groups in total. The Balaban J connectivity index is 1.96. The molecule has 5 aromatic rings. The van der Waals surface area contributed by atoms with Crippen LogP contribution < -0.4 is 0 Å². The standard InChI is InChI=1S/C26H14O4/c27-11-23-21-9-19-7-17-5-15-3-1-2-4-16(15)6-18(17)8-20(19)10-22(21)24(12-28)26(14-30)25(23)13-29/h1-14H. The lowest BCUT2D eigenvalue weighted by molar-refractivity contribution is 0.107. The average molecular weight is 390 g/mol. The largest absolute Gasteiger partial charge is 0.298 e. The van der Waals surface area contributed by atoms with Crippen molar-refractivity contribution in [2.75, 3.05) is 0 Å². The van der Waals surface area contributed by atoms with Crippen molar-refractivity contribution in [1.82, 2.24) is 0 Å². The van der Waals surface area contributed by atoms with E-state index in [9.17, 15) is 19.2 Å². The molecule has 0 atom stereocenters. The molecule has 0 saturated heterocycles. The van der Waals surface area contributed by atoms with Gasteiger partial charge in [-0.05, 0) is 79.5 Å². The normalized spacial score (nSPS) is 11.2. The van der Waals surface area contributed by atoms with E-state index in [1.165, 1.54) is 0 Å². The molecule has 0 saturated carbocycles. The Kier molecular flexibility index (Phi) is 4.00. The van der Waals surface area contributed by atoms with Gasteiger partial charge < -0.3 is 0 Å². The Labute approximate surface area is 170 Å². The minimum atomic E-state index is -0.0549. The summed E-state index contributed by atoms with van der Waals surface area (Å²) in [5.41, 5.74) is 0.128. The fourth-order valence-electron chi connectivity index (χ4n) is 4.28. The zero-order valence-electron chi connectivity index (χ0n) is 15.7. The lowest BCUT2D eigenvalue weighted by Crippen LogP contribution is -2.05. The highest BCUT2D eigenvalue weighted by atomic mass is 16.1. The summed E-state index contributed by atoms with van der Waals surface area (Å²) >= 11 is 0. The maximum atomic E-state index is 11.8. The van der Waals surface area contributed by atoms with E-state index in [1.807, 2.05) is 24.3 Å². The maximum absolute atomic E-state index is 11.8. The van der Waals surface area contributed by atoms with E-state index in [-0.39, 0.29) is 22.3 Å². The zero-order valence-corrected chi connectivity index (χ0v) is 15.7. The van der Waals surface area contributed by atoms with Gasteiger partial charge in [0, 0.05) is 22.3 Å². The molecule has 0 spiro atoms. The third-order valence-corrected chi connectivity index (χ3v) is 5.72. The van der Waals surface area contributed by atoms with Crippen molar-refractivity contribution < 1.29 is 19.2 Å². The van der Waals surface area contributed by atoms with Crippen LogP contribution in [0.1, 0.15) is 41.4 Å². The molecule has 30 heavy (non-hydrogen) atoms. The van der Waals surface area contributed by atoms with Gasteiger partial charge in [0.05, 0.1) is 0 Å². The Morgan fingerprint density at radius 3 is 1.10 bits per heavy atom. The Hall–Kier alpha value is -4.18. The summed E-state index contributed by atoms with van der Waals surface area (Å²) in [6.07, 6.45) is 2.04. The summed E-state index contributed by atoms with van der Waals surface area (Å²) in [7, 11) is 0.